The lowest BCUT2D eigenvalue weighted by atomic mass is 10.0. The summed E-state index contributed by atoms with van der Waals surface area (Å²) in [5.74, 6) is 0. The third-order valence-corrected chi connectivity index (χ3v) is 6.41. The minimum atomic E-state index is -3.47. The summed E-state index contributed by atoms with van der Waals surface area (Å²) in [6.07, 6.45) is 4.66. The van der Waals surface area contributed by atoms with Crippen LogP contribution < -0.4 is 4.72 Å². The van der Waals surface area contributed by atoms with Crippen LogP contribution in [0.2, 0.25) is 0 Å². The third kappa shape index (κ3) is 3.97. The van der Waals surface area contributed by atoms with Gasteiger partial charge in [-0.2, -0.15) is 0 Å². The molecule has 0 spiro atoms. The van der Waals surface area contributed by atoms with Crippen molar-refractivity contribution in [3.05, 3.63) is 42.5 Å². The van der Waals surface area contributed by atoms with Crippen LogP contribution in [0.1, 0.15) is 32.6 Å². The molecule has 1 aliphatic heterocycles. The lowest BCUT2D eigenvalue weighted by molar-refractivity contribution is 0.159. The van der Waals surface area contributed by atoms with Gasteiger partial charge in [0.25, 0.3) is 0 Å². The molecule has 1 fully saturated rings. The first kappa shape index (κ1) is 17.4. The molecule has 0 aromatic heterocycles. The van der Waals surface area contributed by atoms with Crippen molar-refractivity contribution in [1.29, 1.82) is 0 Å². The zero-order valence-corrected chi connectivity index (χ0v) is 15.1. The fraction of sp³-hybridized carbons (Fsp3) is 0.474. The fourth-order valence-corrected chi connectivity index (χ4v) is 4.79. The Morgan fingerprint density at radius 2 is 1.92 bits per heavy atom. The lowest BCUT2D eigenvalue weighted by Gasteiger charge is -2.33. The van der Waals surface area contributed by atoms with Gasteiger partial charge in [-0.25, -0.2) is 13.1 Å². The molecule has 1 saturated heterocycles. The molecule has 3 rings (SSSR count). The monoisotopic (exact) mass is 346 g/mol. The van der Waals surface area contributed by atoms with E-state index in [2.05, 4.69) is 16.5 Å². The minimum absolute atomic E-state index is 0.368. The van der Waals surface area contributed by atoms with Gasteiger partial charge in [0.1, 0.15) is 0 Å². The topological polar surface area (TPSA) is 49.4 Å². The van der Waals surface area contributed by atoms with Crippen LogP contribution in [0.25, 0.3) is 10.8 Å². The molecule has 1 aliphatic rings. The summed E-state index contributed by atoms with van der Waals surface area (Å²) in [4.78, 5) is 2.84. The summed E-state index contributed by atoms with van der Waals surface area (Å²) in [5.41, 5.74) is 0. The highest BCUT2D eigenvalue weighted by atomic mass is 32.2. The summed E-state index contributed by atoms with van der Waals surface area (Å²) in [5, 5.41) is 1.72. The van der Waals surface area contributed by atoms with E-state index in [4.69, 9.17) is 0 Å². The van der Waals surface area contributed by atoms with E-state index in [9.17, 15) is 8.42 Å². The first-order chi connectivity index (χ1) is 11.6. The van der Waals surface area contributed by atoms with Gasteiger partial charge in [0, 0.05) is 18.0 Å². The molecular weight excluding hydrogens is 320 g/mol. The van der Waals surface area contributed by atoms with Crippen molar-refractivity contribution in [2.45, 2.75) is 43.5 Å². The molecule has 0 aliphatic carbocycles. The highest BCUT2D eigenvalue weighted by molar-refractivity contribution is 7.89. The summed E-state index contributed by atoms with van der Waals surface area (Å²) < 4.78 is 28.0. The van der Waals surface area contributed by atoms with Gasteiger partial charge in [0.05, 0.1) is 4.90 Å². The van der Waals surface area contributed by atoms with E-state index in [1.807, 2.05) is 30.3 Å². The Hall–Kier alpha value is -1.43. The van der Waals surface area contributed by atoms with Gasteiger partial charge < -0.3 is 4.90 Å². The van der Waals surface area contributed by atoms with Crippen LogP contribution in [0.5, 0.6) is 0 Å². The van der Waals surface area contributed by atoms with E-state index in [-0.39, 0.29) is 0 Å². The molecule has 0 radical (unpaired) electrons. The molecule has 24 heavy (non-hydrogen) atoms. The summed E-state index contributed by atoms with van der Waals surface area (Å²) in [6, 6.07) is 13.6. The minimum Gasteiger partial charge on any atom is -0.301 e. The van der Waals surface area contributed by atoms with Crippen molar-refractivity contribution in [3.8, 4) is 0 Å². The first-order valence-corrected chi connectivity index (χ1v) is 10.3. The predicted molar refractivity (Wildman–Crippen MR) is 98.6 cm³/mol. The van der Waals surface area contributed by atoms with Crippen LogP contribution in [-0.2, 0) is 10.0 Å². The summed E-state index contributed by atoms with van der Waals surface area (Å²) in [6.45, 7) is 4.84. The number of piperidine rings is 1. The third-order valence-electron chi connectivity index (χ3n) is 4.89. The van der Waals surface area contributed by atoms with Gasteiger partial charge in [-0.05, 0) is 50.7 Å². The number of hydrogen-bond donors (Lipinski definition) is 1. The van der Waals surface area contributed by atoms with Crippen LogP contribution in [0.3, 0.4) is 0 Å². The Kier molecular flexibility index (Phi) is 5.54. The molecule has 1 atom stereocenters. The number of benzene rings is 2. The zero-order valence-electron chi connectivity index (χ0n) is 14.2. The van der Waals surface area contributed by atoms with E-state index in [1.165, 1.54) is 19.3 Å². The molecule has 2 aromatic carbocycles. The molecule has 130 valence electrons. The molecule has 2 aromatic rings. The second kappa shape index (κ2) is 7.64. The summed E-state index contributed by atoms with van der Waals surface area (Å²) >= 11 is 0. The van der Waals surface area contributed by atoms with E-state index < -0.39 is 10.0 Å². The lowest BCUT2D eigenvalue weighted by Crippen LogP contribution is -2.39. The van der Waals surface area contributed by atoms with Gasteiger partial charge in [-0.15, -0.1) is 0 Å². The molecule has 4 nitrogen and oxygen atoms in total. The average Bonchev–Trinajstić information content (AvgIpc) is 2.59. The average molecular weight is 346 g/mol. The molecule has 0 bridgehead atoms. The van der Waals surface area contributed by atoms with Crippen molar-refractivity contribution in [3.63, 3.8) is 0 Å². The first-order valence-electron chi connectivity index (χ1n) is 8.79. The van der Waals surface area contributed by atoms with Gasteiger partial charge in [0.15, 0.2) is 0 Å². The molecular formula is C19H26N2O2S. The molecule has 0 amide bonds. The maximum absolute atomic E-state index is 12.6. The number of nitrogens with one attached hydrogen (secondary N) is 1. The van der Waals surface area contributed by atoms with Crippen LogP contribution in [-0.4, -0.2) is 39.0 Å². The highest BCUT2D eigenvalue weighted by Gasteiger charge is 2.19. The summed E-state index contributed by atoms with van der Waals surface area (Å²) in [7, 11) is -3.47. The van der Waals surface area contributed by atoms with Crippen molar-refractivity contribution < 1.29 is 8.42 Å². The van der Waals surface area contributed by atoms with E-state index in [0.717, 1.165) is 30.3 Å². The Morgan fingerprint density at radius 1 is 1.12 bits per heavy atom. The van der Waals surface area contributed by atoms with Crippen molar-refractivity contribution in [1.82, 2.24) is 9.62 Å². The van der Waals surface area contributed by atoms with Crippen LogP contribution in [0.15, 0.2) is 47.4 Å². The number of likely N-dealkylation sites (tertiary alicyclic amines) is 1. The van der Waals surface area contributed by atoms with Crippen molar-refractivity contribution >= 4 is 20.8 Å². The molecule has 0 saturated carbocycles. The zero-order chi connectivity index (χ0) is 17.0. The second-order valence-electron chi connectivity index (χ2n) is 6.61. The van der Waals surface area contributed by atoms with Crippen molar-refractivity contribution in [2.75, 3.05) is 19.6 Å². The van der Waals surface area contributed by atoms with Gasteiger partial charge in [-0.1, -0.05) is 42.8 Å². The number of fused-ring (bicyclic) bond motifs is 1. The fourth-order valence-electron chi connectivity index (χ4n) is 3.49. The maximum atomic E-state index is 12.6. The van der Waals surface area contributed by atoms with E-state index >= 15 is 0 Å². The van der Waals surface area contributed by atoms with E-state index in [1.54, 1.807) is 12.1 Å². The predicted octanol–water partition coefficient (Wildman–Crippen LogP) is 3.38. The molecule has 1 N–H and O–H groups in total. The Bertz CT molecular complexity index is 784. The number of rotatable bonds is 6. The normalized spacial score (nSPS) is 19.6. The Labute approximate surface area is 144 Å². The Morgan fingerprint density at radius 3 is 2.75 bits per heavy atom. The van der Waals surface area contributed by atoms with Gasteiger partial charge in [-0.3, -0.25) is 0 Å². The number of hydrogen-bond acceptors (Lipinski definition) is 3. The van der Waals surface area contributed by atoms with Gasteiger partial charge >= 0.3 is 0 Å². The SMILES string of the molecule is CC1CCCCN1CCCNS(=O)(=O)c1cccc2ccccc12. The van der Waals surface area contributed by atoms with Crippen LogP contribution >= 0.6 is 0 Å². The van der Waals surface area contributed by atoms with Crippen molar-refractivity contribution in [2.24, 2.45) is 0 Å². The number of sulfonamides is 1. The largest absolute Gasteiger partial charge is 0.301 e. The smallest absolute Gasteiger partial charge is 0.241 e. The molecule has 1 heterocycles. The quantitative estimate of drug-likeness (QED) is 0.816. The molecule has 5 heteroatoms. The number of nitrogens with zero attached hydrogens (tertiary/aromatic N) is 1. The van der Waals surface area contributed by atoms with Crippen LogP contribution in [0.4, 0.5) is 0 Å². The van der Waals surface area contributed by atoms with Gasteiger partial charge in [0.2, 0.25) is 10.0 Å². The van der Waals surface area contributed by atoms with Crippen LogP contribution in [0, 0.1) is 0 Å². The standard InChI is InChI=1S/C19H26N2O2S/c1-16-8-4-5-14-21(16)15-7-13-20-24(22,23)19-12-6-10-17-9-2-3-11-18(17)19/h2-3,6,9-12,16,20H,4-5,7-8,13-15H2,1H3. The molecule has 1 unspecified atom stereocenters. The Balaban J connectivity index is 1.61. The highest BCUT2D eigenvalue weighted by Crippen LogP contribution is 2.22. The maximum Gasteiger partial charge on any atom is 0.241 e. The van der Waals surface area contributed by atoms with E-state index in [0.29, 0.717) is 17.5 Å². The second-order valence-corrected chi connectivity index (χ2v) is 8.34.